The highest BCUT2D eigenvalue weighted by molar-refractivity contribution is 6.14. The maximum atomic E-state index is 12.2. The van der Waals surface area contributed by atoms with Crippen molar-refractivity contribution in [2.75, 3.05) is 0 Å². The molecule has 1 aromatic heterocycles. The molecule has 0 aliphatic rings. The summed E-state index contributed by atoms with van der Waals surface area (Å²) in [6.07, 6.45) is 3.68. The van der Waals surface area contributed by atoms with Gasteiger partial charge in [0, 0.05) is 23.7 Å². The lowest BCUT2D eigenvalue weighted by molar-refractivity contribution is 0.104. The summed E-state index contributed by atoms with van der Waals surface area (Å²) >= 11 is 0. The third kappa shape index (κ3) is 2.10. The van der Waals surface area contributed by atoms with Crippen LogP contribution in [0.15, 0.2) is 36.0 Å². The van der Waals surface area contributed by atoms with Gasteiger partial charge in [0.05, 0.1) is 5.52 Å². The first-order valence-corrected chi connectivity index (χ1v) is 6.32. The fourth-order valence-electron chi connectivity index (χ4n) is 2.33. The largest absolute Gasteiger partial charge is 0.347 e. The fraction of sp³-hybridized carbons (Fsp3) is 0.312. The van der Waals surface area contributed by atoms with Crippen LogP contribution in [0, 0.1) is 6.92 Å². The van der Waals surface area contributed by atoms with E-state index in [1.165, 1.54) is 11.1 Å². The van der Waals surface area contributed by atoms with E-state index in [1.807, 2.05) is 32.2 Å². The predicted molar refractivity (Wildman–Crippen MR) is 76.1 cm³/mol. The summed E-state index contributed by atoms with van der Waals surface area (Å²) in [5, 5.41) is 1.05. The van der Waals surface area contributed by atoms with Gasteiger partial charge in [-0.05, 0) is 39.3 Å². The summed E-state index contributed by atoms with van der Waals surface area (Å²) in [7, 11) is 0. The van der Waals surface area contributed by atoms with Crippen LogP contribution >= 0.6 is 0 Å². The molecular formula is C16H19NO. The number of nitrogens with zero attached hydrogens (tertiary/aromatic N) is 1. The minimum atomic E-state index is 0.0952. The van der Waals surface area contributed by atoms with Crippen LogP contribution in [0.3, 0.4) is 0 Å². The first-order chi connectivity index (χ1) is 8.54. The summed E-state index contributed by atoms with van der Waals surface area (Å²) in [6.45, 7) is 8.96. The van der Waals surface area contributed by atoms with Gasteiger partial charge in [0.25, 0.3) is 0 Å². The van der Waals surface area contributed by atoms with Crippen LogP contribution in [0.5, 0.6) is 0 Å². The Labute approximate surface area is 108 Å². The molecule has 1 aromatic carbocycles. The molecule has 2 nitrogen and oxygen atoms in total. The highest BCUT2D eigenvalue weighted by Gasteiger charge is 2.13. The Bertz CT molecular complexity index is 628. The van der Waals surface area contributed by atoms with Gasteiger partial charge in [0.1, 0.15) is 0 Å². The molecule has 0 aliphatic heterocycles. The van der Waals surface area contributed by atoms with Crippen molar-refractivity contribution in [3.05, 3.63) is 47.2 Å². The van der Waals surface area contributed by atoms with Crippen LogP contribution in [0.25, 0.3) is 10.9 Å². The monoisotopic (exact) mass is 241 g/mol. The average molecular weight is 241 g/mol. The molecule has 1 heterocycles. The topological polar surface area (TPSA) is 22.0 Å². The third-order valence-corrected chi connectivity index (χ3v) is 3.13. The number of carbonyl (C=O) groups is 1. The van der Waals surface area contributed by atoms with Gasteiger partial charge < -0.3 is 4.57 Å². The van der Waals surface area contributed by atoms with E-state index in [-0.39, 0.29) is 5.78 Å². The Hall–Kier alpha value is -1.83. The number of aryl methyl sites for hydroxylation is 2. The molecule has 0 spiro atoms. The number of carbonyl (C=O) groups excluding carboxylic acids is 1. The quantitative estimate of drug-likeness (QED) is 0.585. The summed E-state index contributed by atoms with van der Waals surface area (Å²) in [6, 6.07) is 6.13. The Morgan fingerprint density at radius 2 is 2.06 bits per heavy atom. The minimum Gasteiger partial charge on any atom is -0.347 e. The van der Waals surface area contributed by atoms with Crippen LogP contribution < -0.4 is 0 Å². The van der Waals surface area contributed by atoms with Gasteiger partial charge in [-0.25, -0.2) is 0 Å². The molecule has 0 amide bonds. The molecule has 0 saturated heterocycles. The molecule has 18 heavy (non-hydrogen) atoms. The van der Waals surface area contributed by atoms with Gasteiger partial charge in [0.2, 0.25) is 0 Å². The molecule has 0 atom stereocenters. The number of benzene rings is 1. The average Bonchev–Trinajstić information content (AvgIpc) is 2.68. The SMILES string of the molecule is CCn1cc(C(=O)C=C(C)C)c2cccc(C)c21. The van der Waals surface area contributed by atoms with Crippen molar-refractivity contribution < 1.29 is 4.79 Å². The molecule has 0 aliphatic carbocycles. The standard InChI is InChI=1S/C16H19NO/c1-5-17-10-14(15(18)9-11(2)3)13-8-6-7-12(4)16(13)17/h6-10H,5H2,1-4H3. The van der Waals surface area contributed by atoms with Crippen molar-refractivity contribution >= 4 is 16.7 Å². The van der Waals surface area contributed by atoms with Crippen molar-refractivity contribution in [3.63, 3.8) is 0 Å². The molecule has 2 aromatic rings. The van der Waals surface area contributed by atoms with E-state index < -0.39 is 0 Å². The first-order valence-electron chi connectivity index (χ1n) is 6.32. The second kappa shape index (κ2) is 4.81. The summed E-state index contributed by atoms with van der Waals surface area (Å²) in [5.41, 5.74) is 4.22. The zero-order valence-electron chi connectivity index (χ0n) is 11.4. The lowest BCUT2D eigenvalue weighted by Crippen LogP contribution is -1.94. The highest BCUT2D eigenvalue weighted by Crippen LogP contribution is 2.25. The molecule has 0 N–H and O–H groups in total. The van der Waals surface area contributed by atoms with E-state index in [2.05, 4.69) is 24.5 Å². The summed E-state index contributed by atoms with van der Waals surface area (Å²) in [4.78, 5) is 12.2. The molecule has 0 unspecified atom stereocenters. The second-order valence-electron chi connectivity index (χ2n) is 4.89. The Balaban J connectivity index is 2.70. The first kappa shape index (κ1) is 12.6. The van der Waals surface area contributed by atoms with Crippen LogP contribution in [0.4, 0.5) is 0 Å². The number of hydrogen-bond donors (Lipinski definition) is 0. The Morgan fingerprint density at radius 3 is 2.67 bits per heavy atom. The van der Waals surface area contributed by atoms with Crippen LogP contribution in [-0.4, -0.2) is 10.4 Å². The number of para-hydroxylation sites is 1. The minimum absolute atomic E-state index is 0.0952. The maximum Gasteiger partial charge on any atom is 0.187 e. The third-order valence-electron chi connectivity index (χ3n) is 3.13. The Morgan fingerprint density at radius 1 is 1.33 bits per heavy atom. The van der Waals surface area contributed by atoms with E-state index in [9.17, 15) is 4.79 Å². The number of allylic oxidation sites excluding steroid dienone is 2. The maximum absolute atomic E-state index is 12.2. The summed E-state index contributed by atoms with van der Waals surface area (Å²) in [5.74, 6) is 0.0952. The van der Waals surface area contributed by atoms with E-state index >= 15 is 0 Å². The lowest BCUT2D eigenvalue weighted by atomic mass is 10.1. The summed E-state index contributed by atoms with van der Waals surface area (Å²) < 4.78 is 2.15. The molecule has 2 rings (SSSR count). The second-order valence-corrected chi connectivity index (χ2v) is 4.89. The van der Waals surface area contributed by atoms with Gasteiger partial charge in [-0.3, -0.25) is 4.79 Å². The van der Waals surface area contributed by atoms with Crippen LogP contribution in [-0.2, 0) is 6.54 Å². The molecular weight excluding hydrogens is 222 g/mol. The number of fused-ring (bicyclic) bond motifs is 1. The number of rotatable bonds is 3. The smallest absolute Gasteiger partial charge is 0.187 e. The molecule has 0 radical (unpaired) electrons. The van der Waals surface area contributed by atoms with Crippen molar-refractivity contribution in [2.24, 2.45) is 0 Å². The van der Waals surface area contributed by atoms with E-state index in [0.717, 1.165) is 23.1 Å². The van der Waals surface area contributed by atoms with E-state index in [0.29, 0.717) is 0 Å². The van der Waals surface area contributed by atoms with Gasteiger partial charge in [-0.1, -0.05) is 23.8 Å². The predicted octanol–water partition coefficient (Wildman–Crippen LogP) is 4.12. The molecule has 0 bridgehead atoms. The van der Waals surface area contributed by atoms with Gasteiger partial charge in [-0.15, -0.1) is 0 Å². The molecule has 0 saturated carbocycles. The zero-order valence-corrected chi connectivity index (χ0v) is 11.4. The molecule has 94 valence electrons. The Kier molecular flexibility index (Phi) is 3.37. The molecule has 0 fully saturated rings. The lowest BCUT2D eigenvalue weighted by Gasteiger charge is -2.02. The normalized spacial score (nSPS) is 10.7. The zero-order chi connectivity index (χ0) is 13.3. The van der Waals surface area contributed by atoms with Gasteiger partial charge in [0.15, 0.2) is 5.78 Å². The van der Waals surface area contributed by atoms with Gasteiger partial charge >= 0.3 is 0 Å². The van der Waals surface area contributed by atoms with Crippen molar-refractivity contribution in [1.29, 1.82) is 0 Å². The number of ketones is 1. The fourth-order valence-corrected chi connectivity index (χ4v) is 2.33. The number of aromatic nitrogens is 1. The van der Waals surface area contributed by atoms with Crippen molar-refractivity contribution in [3.8, 4) is 0 Å². The van der Waals surface area contributed by atoms with E-state index in [4.69, 9.17) is 0 Å². The molecule has 2 heteroatoms. The van der Waals surface area contributed by atoms with E-state index in [1.54, 1.807) is 6.08 Å². The van der Waals surface area contributed by atoms with Crippen LogP contribution in [0.1, 0.15) is 36.7 Å². The van der Waals surface area contributed by atoms with Crippen molar-refractivity contribution in [2.45, 2.75) is 34.2 Å². The van der Waals surface area contributed by atoms with Crippen LogP contribution in [0.2, 0.25) is 0 Å². The highest BCUT2D eigenvalue weighted by atomic mass is 16.1. The van der Waals surface area contributed by atoms with Gasteiger partial charge in [-0.2, -0.15) is 0 Å². The number of hydrogen-bond acceptors (Lipinski definition) is 1. The van der Waals surface area contributed by atoms with Crippen molar-refractivity contribution in [1.82, 2.24) is 4.57 Å².